The number of hydrogen-bond acceptors (Lipinski definition) is 4. The molecule has 0 heterocycles. The Bertz CT molecular complexity index is 406. The maximum Gasteiger partial charge on any atom is 0.387 e. The van der Waals surface area contributed by atoms with Crippen molar-refractivity contribution in [2.24, 2.45) is 0 Å². The van der Waals surface area contributed by atoms with Crippen LogP contribution in [0, 0.1) is 0 Å². The first-order valence-corrected chi connectivity index (χ1v) is 6.41. The minimum Gasteiger partial charge on any atom is -0.466 e. The molecule has 0 fully saturated rings. The Labute approximate surface area is 116 Å². The van der Waals surface area contributed by atoms with Crippen molar-refractivity contribution in [1.29, 1.82) is 0 Å². The summed E-state index contributed by atoms with van der Waals surface area (Å²) in [6, 6.07) is 5.67. The highest BCUT2D eigenvalue weighted by atomic mass is 19.3. The Morgan fingerprint density at radius 1 is 1.30 bits per heavy atom. The normalized spacial score (nSPS) is 12.2. The second-order valence-electron chi connectivity index (χ2n) is 4.22. The Kier molecular flexibility index (Phi) is 6.93. The minimum absolute atomic E-state index is 0.0262. The fraction of sp³-hybridized carbons (Fsp3) is 0.500. The minimum atomic E-state index is -2.88. The number of hydrogen-bond donors (Lipinski definition) is 1. The predicted molar refractivity (Wildman–Crippen MR) is 68.5 cm³/mol. The number of carbonyl (C=O) groups is 1. The second kappa shape index (κ2) is 8.47. The fourth-order valence-corrected chi connectivity index (χ4v) is 1.58. The summed E-state index contributed by atoms with van der Waals surface area (Å²) in [5, 5.41) is 9.87. The lowest BCUT2D eigenvalue weighted by atomic mass is 10.0. The van der Waals surface area contributed by atoms with E-state index in [1.807, 2.05) is 6.92 Å². The van der Waals surface area contributed by atoms with Crippen molar-refractivity contribution in [2.45, 2.75) is 38.9 Å². The van der Waals surface area contributed by atoms with E-state index < -0.39 is 12.7 Å². The van der Waals surface area contributed by atoms with Crippen LogP contribution in [0.5, 0.6) is 5.75 Å². The van der Waals surface area contributed by atoms with Gasteiger partial charge >= 0.3 is 12.6 Å². The standard InChI is InChI=1S/C14H18F2O4/c1-2-9-19-13(18)8-7-12(17)10-3-5-11(6-4-10)20-14(15)16/h3-6,12,14,17H,2,7-9H2,1H3. The molecule has 1 unspecified atom stereocenters. The molecule has 0 aliphatic heterocycles. The third-order valence-electron chi connectivity index (χ3n) is 2.58. The highest BCUT2D eigenvalue weighted by Gasteiger charge is 2.12. The molecule has 4 nitrogen and oxygen atoms in total. The molecule has 0 saturated heterocycles. The van der Waals surface area contributed by atoms with Gasteiger partial charge in [0.25, 0.3) is 0 Å². The first-order valence-electron chi connectivity index (χ1n) is 6.41. The summed E-state index contributed by atoms with van der Waals surface area (Å²) < 4.78 is 33.0. The third-order valence-corrected chi connectivity index (χ3v) is 2.58. The van der Waals surface area contributed by atoms with Crippen LogP contribution in [-0.2, 0) is 9.53 Å². The highest BCUT2D eigenvalue weighted by molar-refractivity contribution is 5.69. The predicted octanol–water partition coefficient (Wildman–Crippen LogP) is 3.05. The summed E-state index contributed by atoms with van der Waals surface area (Å²) >= 11 is 0. The number of aliphatic hydroxyl groups is 1. The average molecular weight is 288 g/mol. The Hall–Kier alpha value is -1.69. The molecule has 1 aromatic rings. The zero-order valence-corrected chi connectivity index (χ0v) is 11.2. The van der Waals surface area contributed by atoms with E-state index in [1.165, 1.54) is 24.3 Å². The SMILES string of the molecule is CCCOC(=O)CCC(O)c1ccc(OC(F)F)cc1. The van der Waals surface area contributed by atoms with Crippen LogP contribution < -0.4 is 4.74 Å². The van der Waals surface area contributed by atoms with Crippen molar-refractivity contribution < 1.29 is 28.2 Å². The van der Waals surface area contributed by atoms with E-state index in [0.717, 1.165) is 6.42 Å². The van der Waals surface area contributed by atoms with Crippen molar-refractivity contribution >= 4 is 5.97 Å². The molecule has 0 aromatic heterocycles. The number of ether oxygens (including phenoxy) is 2. The zero-order valence-electron chi connectivity index (χ0n) is 11.2. The van der Waals surface area contributed by atoms with Crippen LogP contribution in [0.25, 0.3) is 0 Å². The maximum atomic E-state index is 12.0. The molecule has 1 aromatic carbocycles. The molecule has 0 radical (unpaired) electrons. The lowest BCUT2D eigenvalue weighted by Crippen LogP contribution is -2.08. The maximum absolute atomic E-state index is 12.0. The fourth-order valence-electron chi connectivity index (χ4n) is 1.58. The van der Waals surface area contributed by atoms with Gasteiger partial charge in [0.05, 0.1) is 12.7 Å². The smallest absolute Gasteiger partial charge is 0.387 e. The molecule has 1 N–H and O–H groups in total. The first-order chi connectivity index (χ1) is 9.52. The van der Waals surface area contributed by atoms with Gasteiger partial charge in [-0.05, 0) is 30.5 Å². The van der Waals surface area contributed by atoms with E-state index in [9.17, 15) is 18.7 Å². The van der Waals surface area contributed by atoms with Gasteiger partial charge in [-0.3, -0.25) is 4.79 Å². The Morgan fingerprint density at radius 3 is 2.50 bits per heavy atom. The van der Waals surface area contributed by atoms with Crippen molar-refractivity contribution in [1.82, 2.24) is 0 Å². The Balaban J connectivity index is 2.43. The molecule has 0 aliphatic carbocycles. The number of halogens is 2. The van der Waals surface area contributed by atoms with Gasteiger partial charge in [0.15, 0.2) is 0 Å². The van der Waals surface area contributed by atoms with E-state index in [-0.39, 0.29) is 24.6 Å². The summed E-state index contributed by atoms with van der Waals surface area (Å²) in [5.74, 6) is -0.332. The van der Waals surface area contributed by atoms with Crippen molar-refractivity contribution in [3.63, 3.8) is 0 Å². The summed E-state index contributed by atoms with van der Waals surface area (Å²) in [4.78, 5) is 11.3. The van der Waals surface area contributed by atoms with Gasteiger partial charge in [0.1, 0.15) is 5.75 Å². The van der Waals surface area contributed by atoms with Gasteiger partial charge in [-0.25, -0.2) is 0 Å². The molecular formula is C14H18F2O4. The Morgan fingerprint density at radius 2 is 1.95 bits per heavy atom. The number of carbonyl (C=O) groups excluding carboxylic acids is 1. The molecule has 0 bridgehead atoms. The van der Waals surface area contributed by atoms with Gasteiger partial charge in [-0.1, -0.05) is 19.1 Å². The quantitative estimate of drug-likeness (QED) is 0.747. The molecular weight excluding hydrogens is 270 g/mol. The van der Waals surface area contributed by atoms with Crippen molar-refractivity contribution in [3.8, 4) is 5.75 Å². The molecule has 112 valence electrons. The van der Waals surface area contributed by atoms with Gasteiger partial charge in [-0.15, -0.1) is 0 Å². The second-order valence-corrected chi connectivity index (χ2v) is 4.22. The zero-order chi connectivity index (χ0) is 15.0. The average Bonchev–Trinajstić information content (AvgIpc) is 2.42. The lowest BCUT2D eigenvalue weighted by molar-refractivity contribution is -0.144. The van der Waals surface area contributed by atoms with Crippen LogP contribution in [0.2, 0.25) is 0 Å². The molecule has 0 amide bonds. The van der Waals surface area contributed by atoms with Gasteiger partial charge in [0, 0.05) is 6.42 Å². The first kappa shape index (κ1) is 16.4. The van der Waals surface area contributed by atoms with Crippen LogP contribution in [0.1, 0.15) is 37.9 Å². The van der Waals surface area contributed by atoms with Crippen molar-refractivity contribution in [2.75, 3.05) is 6.61 Å². The summed E-state index contributed by atoms with van der Waals surface area (Å²) in [6.07, 6.45) is 0.235. The lowest BCUT2D eigenvalue weighted by Gasteiger charge is -2.11. The van der Waals surface area contributed by atoms with Crippen LogP contribution in [0.3, 0.4) is 0 Å². The van der Waals surface area contributed by atoms with Crippen LogP contribution in [-0.4, -0.2) is 24.3 Å². The van der Waals surface area contributed by atoms with E-state index in [1.54, 1.807) is 0 Å². The molecule has 0 aliphatic rings. The van der Waals surface area contributed by atoms with Crippen LogP contribution in [0.4, 0.5) is 8.78 Å². The van der Waals surface area contributed by atoms with E-state index >= 15 is 0 Å². The van der Waals surface area contributed by atoms with Gasteiger partial charge in [0.2, 0.25) is 0 Å². The van der Waals surface area contributed by atoms with Crippen molar-refractivity contribution in [3.05, 3.63) is 29.8 Å². The number of rotatable bonds is 8. The van der Waals surface area contributed by atoms with Gasteiger partial charge < -0.3 is 14.6 Å². The summed E-state index contributed by atoms with van der Waals surface area (Å²) in [7, 11) is 0. The van der Waals surface area contributed by atoms with Gasteiger partial charge in [-0.2, -0.15) is 8.78 Å². The molecule has 1 rings (SSSR count). The summed E-state index contributed by atoms with van der Waals surface area (Å²) in [5.41, 5.74) is 0.537. The third kappa shape index (κ3) is 5.97. The number of esters is 1. The molecule has 0 saturated carbocycles. The number of alkyl halides is 2. The molecule has 0 spiro atoms. The van der Waals surface area contributed by atoms with Crippen LogP contribution in [0.15, 0.2) is 24.3 Å². The molecule has 1 atom stereocenters. The van der Waals surface area contributed by atoms with Crippen LogP contribution >= 0.6 is 0 Å². The van der Waals surface area contributed by atoms with E-state index in [0.29, 0.717) is 12.2 Å². The monoisotopic (exact) mass is 288 g/mol. The molecule has 20 heavy (non-hydrogen) atoms. The topological polar surface area (TPSA) is 55.8 Å². The van der Waals surface area contributed by atoms with E-state index in [2.05, 4.69) is 4.74 Å². The van der Waals surface area contributed by atoms with E-state index in [4.69, 9.17) is 4.74 Å². The molecule has 6 heteroatoms. The highest BCUT2D eigenvalue weighted by Crippen LogP contribution is 2.22. The number of benzene rings is 1. The summed E-state index contributed by atoms with van der Waals surface area (Å²) in [6.45, 7) is -0.612. The largest absolute Gasteiger partial charge is 0.466 e. The number of aliphatic hydroxyl groups excluding tert-OH is 1.